The Morgan fingerprint density at radius 3 is 2.50 bits per heavy atom. The molecule has 2 aromatic carbocycles. The van der Waals surface area contributed by atoms with Crippen LogP contribution in [0.2, 0.25) is 0 Å². The quantitative estimate of drug-likeness (QED) is 0.209. The molecule has 1 saturated carbocycles. The average molecular weight is 587 g/mol. The second kappa shape index (κ2) is 18.0. The van der Waals surface area contributed by atoms with E-state index in [1.165, 1.54) is 79.3 Å². The molecule has 4 heteroatoms. The minimum absolute atomic E-state index is 0. The van der Waals surface area contributed by atoms with Crippen LogP contribution in [0.5, 0.6) is 0 Å². The number of aryl methyl sites for hydroxylation is 1. The van der Waals surface area contributed by atoms with Crippen molar-refractivity contribution in [3.8, 4) is 0 Å². The van der Waals surface area contributed by atoms with Gasteiger partial charge in [-0.15, -0.1) is 12.1 Å². The Bertz CT molecular complexity index is 921. The number of nitrogens with zero attached hydrogens (tertiary/aromatic N) is 1. The number of hydrogen-bond donors (Lipinski definition) is 0. The molecule has 0 saturated heterocycles. The van der Waals surface area contributed by atoms with Crippen molar-refractivity contribution in [1.82, 2.24) is 0 Å². The van der Waals surface area contributed by atoms with Gasteiger partial charge in [0.2, 0.25) is 0 Å². The molecule has 36 heavy (non-hydrogen) atoms. The SMILES string of the molecule is CCCC(C[NH-])CCC1CCC1.Cc1cccc(C(C2=CCCCC=N2)c2c[c-]ccc2)c1C.O.[Cd+2]. The van der Waals surface area contributed by atoms with Crippen molar-refractivity contribution in [2.24, 2.45) is 16.8 Å². The molecule has 192 valence electrons. The van der Waals surface area contributed by atoms with Gasteiger partial charge in [0.15, 0.2) is 0 Å². The molecular formula is C32H46CdN2O. The van der Waals surface area contributed by atoms with Gasteiger partial charge in [0, 0.05) is 17.8 Å². The fourth-order valence-corrected chi connectivity index (χ4v) is 5.07. The van der Waals surface area contributed by atoms with E-state index in [0.717, 1.165) is 18.8 Å². The maximum atomic E-state index is 7.38. The van der Waals surface area contributed by atoms with E-state index in [4.69, 9.17) is 10.7 Å². The van der Waals surface area contributed by atoms with Gasteiger partial charge in [-0.05, 0) is 55.7 Å². The standard InChI is InChI=1S/C21H22N.C11H22N.Cd.H2O/c1-16-10-9-13-19(17(16)2)21(18-11-5-3-6-12-18)20-14-7-4-8-15-22-20;1-2-4-11(9-12)8-7-10-5-3-6-10;;/h3,5,9-15,21H,4,7-8H2,1-2H3;10-12H,2-9H2,1H3;;1H2/q2*-1;+2;. The summed E-state index contributed by atoms with van der Waals surface area (Å²) < 4.78 is 0. The third-order valence-electron chi connectivity index (χ3n) is 7.64. The van der Waals surface area contributed by atoms with Gasteiger partial charge in [0.25, 0.3) is 0 Å². The van der Waals surface area contributed by atoms with Crippen LogP contribution in [0.15, 0.2) is 59.2 Å². The first-order valence-corrected chi connectivity index (χ1v) is 13.5. The van der Waals surface area contributed by atoms with Crippen molar-refractivity contribution in [2.75, 3.05) is 6.54 Å². The summed E-state index contributed by atoms with van der Waals surface area (Å²) in [6, 6.07) is 18.1. The van der Waals surface area contributed by atoms with Crippen LogP contribution < -0.4 is 0 Å². The van der Waals surface area contributed by atoms with E-state index in [9.17, 15) is 0 Å². The monoisotopic (exact) mass is 588 g/mol. The van der Waals surface area contributed by atoms with Crippen LogP contribution in [-0.4, -0.2) is 18.2 Å². The van der Waals surface area contributed by atoms with Crippen molar-refractivity contribution < 1.29 is 32.8 Å². The van der Waals surface area contributed by atoms with Gasteiger partial charge < -0.3 is 11.2 Å². The van der Waals surface area contributed by atoms with Crippen molar-refractivity contribution in [2.45, 2.75) is 90.9 Å². The first kappa shape index (κ1) is 32.7. The molecule has 1 aliphatic carbocycles. The molecule has 0 aromatic heterocycles. The predicted molar refractivity (Wildman–Crippen MR) is 151 cm³/mol. The van der Waals surface area contributed by atoms with E-state index in [0.29, 0.717) is 12.5 Å². The second-order valence-electron chi connectivity index (χ2n) is 10.2. The molecule has 0 amide bonds. The molecule has 1 fully saturated rings. The van der Waals surface area contributed by atoms with Crippen LogP contribution in [0.3, 0.4) is 0 Å². The minimum atomic E-state index is 0. The summed E-state index contributed by atoms with van der Waals surface area (Å²) in [5, 5.41) is 0. The van der Waals surface area contributed by atoms with Crippen LogP contribution in [0, 0.1) is 31.7 Å². The smallest absolute Gasteiger partial charge is 0.677 e. The number of aliphatic imine (C=N–C) groups is 1. The molecule has 0 bridgehead atoms. The molecule has 2 aromatic rings. The van der Waals surface area contributed by atoms with Crippen LogP contribution in [0.25, 0.3) is 5.73 Å². The summed E-state index contributed by atoms with van der Waals surface area (Å²) in [7, 11) is 0. The first-order chi connectivity index (χ1) is 16.6. The van der Waals surface area contributed by atoms with Crippen LogP contribution in [-0.2, 0) is 27.3 Å². The van der Waals surface area contributed by atoms with Crippen molar-refractivity contribution in [1.29, 1.82) is 0 Å². The summed E-state index contributed by atoms with van der Waals surface area (Å²) >= 11 is 0. The molecule has 2 unspecified atom stereocenters. The van der Waals surface area contributed by atoms with Gasteiger partial charge >= 0.3 is 27.3 Å². The Morgan fingerprint density at radius 2 is 1.86 bits per heavy atom. The van der Waals surface area contributed by atoms with Gasteiger partial charge in [0.05, 0.1) is 0 Å². The van der Waals surface area contributed by atoms with E-state index in [-0.39, 0.29) is 38.7 Å². The molecule has 2 atom stereocenters. The molecule has 2 aliphatic rings. The molecule has 1 heterocycles. The molecule has 0 spiro atoms. The van der Waals surface area contributed by atoms with Gasteiger partial charge in [-0.1, -0.05) is 82.1 Å². The Morgan fingerprint density at radius 1 is 1.06 bits per heavy atom. The third kappa shape index (κ3) is 9.87. The van der Waals surface area contributed by atoms with E-state index in [1.807, 2.05) is 6.07 Å². The predicted octanol–water partition coefficient (Wildman–Crippen LogP) is 8.58. The van der Waals surface area contributed by atoms with Crippen molar-refractivity contribution in [3.63, 3.8) is 0 Å². The first-order valence-electron chi connectivity index (χ1n) is 13.5. The Labute approximate surface area is 240 Å². The number of nitrogens with one attached hydrogen (secondary N) is 1. The average Bonchev–Trinajstić information content (AvgIpc) is 3.11. The van der Waals surface area contributed by atoms with Crippen molar-refractivity contribution >= 4 is 6.21 Å². The van der Waals surface area contributed by atoms with Gasteiger partial charge in [-0.2, -0.15) is 30.3 Å². The van der Waals surface area contributed by atoms with Gasteiger partial charge in [-0.3, -0.25) is 4.99 Å². The number of hydrogen-bond acceptors (Lipinski definition) is 1. The molecule has 3 nitrogen and oxygen atoms in total. The Balaban J connectivity index is 0.000000399. The third-order valence-corrected chi connectivity index (χ3v) is 7.64. The zero-order valence-electron chi connectivity index (χ0n) is 22.9. The summed E-state index contributed by atoms with van der Waals surface area (Å²) in [5.74, 6) is 1.94. The van der Waals surface area contributed by atoms with Gasteiger partial charge in [0.1, 0.15) is 0 Å². The fraction of sp³-hybridized carbons (Fsp3) is 0.531. The maximum absolute atomic E-state index is 7.38. The summed E-state index contributed by atoms with van der Waals surface area (Å²) in [5.41, 5.74) is 13.9. The maximum Gasteiger partial charge on any atom is 2.00 e. The molecule has 1 aliphatic heterocycles. The molecular weight excluding hydrogens is 541 g/mol. The normalized spacial score (nSPS) is 16.6. The number of benzene rings is 2. The second-order valence-corrected chi connectivity index (χ2v) is 10.2. The van der Waals surface area contributed by atoms with Crippen LogP contribution in [0.1, 0.15) is 99.3 Å². The topological polar surface area (TPSA) is 67.7 Å². The van der Waals surface area contributed by atoms with E-state index in [1.54, 1.807) is 0 Å². The zero-order chi connectivity index (χ0) is 24.2. The zero-order valence-corrected chi connectivity index (χ0v) is 26.9. The van der Waals surface area contributed by atoms with Gasteiger partial charge in [-0.25, -0.2) is 0 Å². The van der Waals surface area contributed by atoms with E-state index in [2.05, 4.69) is 75.5 Å². The van der Waals surface area contributed by atoms with Crippen molar-refractivity contribution in [3.05, 3.63) is 88.3 Å². The number of allylic oxidation sites excluding steroid dienone is 2. The van der Waals surface area contributed by atoms with Crippen LogP contribution >= 0.6 is 0 Å². The minimum Gasteiger partial charge on any atom is -0.677 e. The van der Waals surface area contributed by atoms with E-state index >= 15 is 0 Å². The molecule has 3 N–H and O–H groups in total. The van der Waals surface area contributed by atoms with E-state index < -0.39 is 0 Å². The Hall–Kier alpha value is -1.31. The number of rotatable bonds is 9. The summed E-state index contributed by atoms with van der Waals surface area (Å²) in [6.07, 6.45) is 17.4. The Kier molecular flexibility index (Phi) is 16.4. The largest absolute Gasteiger partial charge is 2.00 e. The molecule has 0 radical (unpaired) electrons. The van der Waals surface area contributed by atoms with Crippen LogP contribution in [0.4, 0.5) is 0 Å². The fourth-order valence-electron chi connectivity index (χ4n) is 5.07. The summed E-state index contributed by atoms with van der Waals surface area (Å²) in [4.78, 5) is 4.77. The summed E-state index contributed by atoms with van der Waals surface area (Å²) in [6.45, 7) is 7.27. The molecule has 4 rings (SSSR count).